The van der Waals surface area contributed by atoms with E-state index in [-0.39, 0.29) is 16.8 Å². The topological polar surface area (TPSA) is 86.4 Å². The van der Waals surface area contributed by atoms with Gasteiger partial charge in [-0.15, -0.1) is 0 Å². The summed E-state index contributed by atoms with van der Waals surface area (Å²) in [5.74, 6) is 1.27. The zero-order chi connectivity index (χ0) is 23.2. The van der Waals surface area contributed by atoms with Crippen molar-refractivity contribution in [2.45, 2.75) is 44.0 Å². The number of nitrogens with zero attached hydrogens (tertiary/aromatic N) is 3. The maximum atomic E-state index is 13.5. The third-order valence-corrected chi connectivity index (χ3v) is 8.62. The number of carbonyl (C=O) groups is 1. The number of hydrogen-bond donors (Lipinski definition) is 1. The van der Waals surface area contributed by atoms with Gasteiger partial charge in [-0.25, -0.2) is 13.4 Å². The molecule has 5 rings (SSSR count). The van der Waals surface area contributed by atoms with Gasteiger partial charge in [0.05, 0.1) is 22.0 Å². The third-order valence-electron chi connectivity index (χ3n) is 6.79. The van der Waals surface area contributed by atoms with Gasteiger partial charge in [0.15, 0.2) is 0 Å². The Morgan fingerprint density at radius 1 is 1.06 bits per heavy atom. The van der Waals surface area contributed by atoms with Crippen molar-refractivity contribution in [3.63, 3.8) is 0 Å². The van der Waals surface area contributed by atoms with Crippen molar-refractivity contribution < 1.29 is 13.2 Å². The summed E-state index contributed by atoms with van der Waals surface area (Å²) < 4.78 is 28.3. The van der Waals surface area contributed by atoms with Gasteiger partial charge in [0.1, 0.15) is 5.82 Å². The van der Waals surface area contributed by atoms with Crippen LogP contribution in [-0.4, -0.2) is 53.1 Å². The Kier molecular flexibility index (Phi) is 5.74. The van der Waals surface area contributed by atoms with Gasteiger partial charge >= 0.3 is 0 Å². The second-order valence-electron chi connectivity index (χ2n) is 9.59. The molecular weight excluding hydrogens is 436 g/mol. The van der Waals surface area contributed by atoms with E-state index < -0.39 is 10.0 Å². The Labute approximate surface area is 194 Å². The molecule has 3 aromatic rings. The first kappa shape index (κ1) is 22.1. The zero-order valence-corrected chi connectivity index (χ0v) is 19.9. The number of benzene rings is 2. The Morgan fingerprint density at radius 2 is 1.82 bits per heavy atom. The number of aromatic nitrogens is 2. The van der Waals surface area contributed by atoms with E-state index in [1.807, 2.05) is 29.2 Å². The van der Waals surface area contributed by atoms with Crippen molar-refractivity contribution in [2.75, 3.05) is 19.6 Å². The first-order valence-electron chi connectivity index (χ1n) is 11.7. The van der Waals surface area contributed by atoms with Gasteiger partial charge in [-0.1, -0.05) is 32.0 Å². The van der Waals surface area contributed by atoms with E-state index >= 15 is 0 Å². The van der Waals surface area contributed by atoms with Crippen LogP contribution in [0.2, 0.25) is 0 Å². The van der Waals surface area contributed by atoms with Gasteiger partial charge in [-0.3, -0.25) is 4.79 Å². The van der Waals surface area contributed by atoms with Crippen LogP contribution in [0.4, 0.5) is 0 Å². The molecule has 2 aliphatic heterocycles. The Hall–Kier alpha value is -2.71. The summed E-state index contributed by atoms with van der Waals surface area (Å²) in [6.45, 7) is 5.84. The average Bonchev–Trinajstić information content (AvgIpc) is 3.45. The van der Waals surface area contributed by atoms with Gasteiger partial charge in [0.25, 0.3) is 5.91 Å². The van der Waals surface area contributed by atoms with Crippen LogP contribution in [0.5, 0.6) is 0 Å². The summed E-state index contributed by atoms with van der Waals surface area (Å²) in [6, 6.07) is 14.2. The summed E-state index contributed by atoms with van der Waals surface area (Å²) in [7, 11) is -3.65. The molecule has 2 aromatic carbocycles. The van der Waals surface area contributed by atoms with E-state index in [4.69, 9.17) is 4.98 Å². The summed E-state index contributed by atoms with van der Waals surface area (Å²) in [4.78, 5) is 23.5. The molecule has 33 heavy (non-hydrogen) atoms. The van der Waals surface area contributed by atoms with E-state index in [1.54, 1.807) is 22.5 Å². The van der Waals surface area contributed by atoms with Crippen LogP contribution in [0.15, 0.2) is 53.4 Å². The number of imidazole rings is 1. The largest absolute Gasteiger partial charge is 0.340 e. The molecule has 0 saturated carbocycles. The fourth-order valence-electron chi connectivity index (χ4n) is 5.33. The maximum Gasteiger partial charge on any atom is 0.254 e. The highest BCUT2D eigenvalue weighted by Gasteiger charge is 2.35. The molecule has 0 radical (unpaired) electrons. The molecule has 1 aromatic heterocycles. The number of carbonyl (C=O) groups excluding carboxylic acids is 1. The molecule has 2 saturated heterocycles. The number of sulfonamides is 1. The molecule has 2 fully saturated rings. The van der Waals surface area contributed by atoms with Gasteiger partial charge < -0.3 is 9.88 Å². The number of nitrogens with one attached hydrogen (secondary N) is 1. The highest BCUT2D eigenvalue weighted by Crippen LogP contribution is 2.33. The lowest BCUT2D eigenvalue weighted by Gasteiger charge is -2.34. The predicted octanol–water partition coefficient (Wildman–Crippen LogP) is 4.21. The number of H-pyrrole nitrogens is 1. The van der Waals surface area contributed by atoms with Gasteiger partial charge in [0.2, 0.25) is 10.0 Å². The molecule has 0 spiro atoms. The van der Waals surface area contributed by atoms with Crippen molar-refractivity contribution in [3.05, 3.63) is 59.9 Å². The normalized spacial score (nSPS) is 24.4. The van der Waals surface area contributed by atoms with Crippen molar-refractivity contribution in [2.24, 2.45) is 11.8 Å². The number of amides is 1. The molecule has 0 aliphatic carbocycles. The molecule has 1 amide bonds. The monoisotopic (exact) mass is 466 g/mol. The standard InChI is InChI=1S/C25H30N4O3S/c1-17-13-18(2)16-28(15-17)33(31,32)20-8-5-7-19(14-20)25(30)29-12-6-11-23(29)24-26-21-9-3-4-10-22(21)27-24/h3-5,7-10,14,17-18,23H,6,11-13,15-16H2,1-2H3,(H,26,27). The van der Waals surface area contributed by atoms with E-state index in [9.17, 15) is 13.2 Å². The van der Waals surface area contributed by atoms with Crippen molar-refractivity contribution >= 4 is 27.0 Å². The minimum absolute atomic E-state index is 0.144. The minimum atomic E-state index is -3.65. The van der Waals surface area contributed by atoms with E-state index in [0.717, 1.165) is 36.1 Å². The van der Waals surface area contributed by atoms with Crippen LogP contribution >= 0.6 is 0 Å². The Bertz CT molecular complexity index is 1240. The highest BCUT2D eigenvalue weighted by molar-refractivity contribution is 7.89. The molecule has 0 bridgehead atoms. The smallest absolute Gasteiger partial charge is 0.254 e. The minimum Gasteiger partial charge on any atom is -0.340 e. The van der Waals surface area contributed by atoms with Crippen LogP contribution in [-0.2, 0) is 10.0 Å². The number of hydrogen-bond acceptors (Lipinski definition) is 4. The van der Waals surface area contributed by atoms with E-state index in [0.29, 0.717) is 37.0 Å². The molecule has 7 nitrogen and oxygen atoms in total. The first-order chi connectivity index (χ1) is 15.8. The molecule has 8 heteroatoms. The summed E-state index contributed by atoms with van der Waals surface area (Å²) in [6.07, 6.45) is 2.74. The number of piperidine rings is 1. The molecule has 3 unspecified atom stereocenters. The fourth-order valence-corrected chi connectivity index (χ4v) is 7.06. The summed E-state index contributed by atoms with van der Waals surface area (Å²) in [5, 5.41) is 0. The lowest BCUT2D eigenvalue weighted by atomic mass is 9.94. The molecule has 3 atom stereocenters. The Balaban J connectivity index is 1.41. The van der Waals surface area contributed by atoms with Crippen LogP contribution in [0.3, 0.4) is 0 Å². The third kappa shape index (κ3) is 4.17. The average molecular weight is 467 g/mol. The van der Waals surface area contributed by atoms with Crippen molar-refractivity contribution in [1.82, 2.24) is 19.2 Å². The molecular formula is C25H30N4O3S. The SMILES string of the molecule is CC1CC(C)CN(S(=O)(=O)c2cccc(C(=O)N3CCCC3c3nc4ccccc4[nH]3)c2)C1. The van der Waals surface area contributed by atoms with E-state index in [1.165, 1.54) is 6.07 Å². The number of fused-ring (bicyclic) bond motifs is 1. The van der Waals surface area contributed by atoms with Crippen LogP contribution in [0.25, 0.3) is 11.0 Å². The maximum absolute atomic E-state index is 13.5. The van der Waals surface area contributed by atoms with Crippen LogP contribution in [0.1, 0.15) is 55.3 Å². The van der Waals surface area contributed by atoms with Gasteiger partial charge in [0, 0.05) is 25.2 Å². The number of likely N-dealkylation sites (tertiary alicyclic amines) is 1. The summed E-state index contributed by atoms with van der Waals surface area (Å²) >= 11 is 0. The summed E-state index contributed by atoms with van der Waals surface area (Å²) in [5.41, 5.74) is 2.23. The lowest BCUT2D eigenvalue weighted by Crippen LogP contribution is -2.42. The Morgan fingerprint density at radius 3 is 2.58 bits per heavy atom. The molecule has 3 heterocycles. The fraction of sp³-hybridized carbons (Fsp3) is 0.440. The molecule has 1 N–H and O–H groups in total. The highest BCUT2D eigenvalue weighted by atomic mass is 32.2. The quantitative estimate of drug-likeness (QED) is 0.624. The van der Waals surface area contributed by atoms with Crippen molar-refractivity contribution in [3.8, 4) is 0 Å². The van der Waals surface area contributed by atoms with Gasteiger partial charge in [-0.2, -0.15) is 4.31 Å². The second kappa shape index (κ2) is 8.57. The zero-order valence-electron chi connectivity index (χ0n) is 19.1. The lowest BCUT2D eigenvalue weighted by molar-refractivity contribution is 0.0730. The molecule has 2 aliphatic rings. The number of rotatable bonds is 4. The first-order valence-corrected chi connectivity index (χ1v) is 13.1. The molecule has 174 valence electrons. The number of aromatic amines is 1. The van der Waals surface area contributed by atoms with Crippen LogP contribution < -0.4 is 0 Å². The number of para-hydroxylation sites is 2. The van der Waals surface area contributed by atoms with Gasteiger partial charge in [-0.05, 0) is 61.4 Å². The second-order valence-corrected chi connectivity index (χ2v) is 11.5. The van der Waals surface area contributed by atoms with E-state index in [2.05, 4.69) is 18.8 Å². The predicted molar refractivity (Wildman–Crippen MR) is 127 cm³/mol. The van der Waals surface area contributed by atoms with Crippen molar-refractivity contribution in [1.29, 1.82) is 0 Å². The van der Waals surface area contributed by atoms with Crippen LogP contribution in [0, 0.1) is 11.8 Å².